The van der Waals surface area contributed by atoms with Gasteiger partial charge in [-0.25, -0.2) is 8.42 Å². The van der Waals surface area contributed by atoms with E-state index in [0.717, 1.165) is 0 Å². The van der Waals surface area contributed by atoms with Gasteiger partial charge < -0.3 is 9.29 Å². The van der Waals surface area contributed by atoms with Crippen LogP contribution in [0.15, 0.2) is 29.2 Å². The fourth-order valence-electron chi connectivity index (χ4n) is 0.757. The smallest absolute Gasteiger partial charge is 0.124 e. The molecule has 66 valence electrons. The first-order chi connectivity index (χ1) is 5.54. The van der Waals surface area contributed by atoms with E-state index < -0.39 is 10.1 Å². The third kappa shape index (κ3) is 1.96. The summed E-state index contributed by atoms with van der Waals surface area (Å²) in [6.45, 7) is 0. The Morgan fingerprint density at radius 2 is 2.08 bits per heavy atom. The van der Waals surface area contributed by atoms with Crippen LogP contribution in [0, 0.1) is 0 Å². The van der Waals surface area contributed by atoms with E-state index in [-0.39, 0.29) is 4.90 Å². The first-order valence-corrected chi connectivity index (χ1v) is 4.55. The lowest BCUT2D eigenvalue weighted by Gasteiger charge is -2.07. The van der Waals surface area contributed by atoms with Crippen LogP contribution in [0.5, 0.6) is 5.75 Å². The molecule has 12 heavy (non-hydrogen) atoms. The van der Waals surface area contributed by atoms with Crippen LogP contribution in [0.25, 0.3) is 0 Å². The number of hydrogen-bond donors (Lipinski definition) is 0. The number of hydrogen-bond acceptors (Lipinski definition) is 4. The summed E-state index contributed by atoms with van der Waals surface area (Å²) in [7, 11) is -2.97. The zero-order chi connectivity index (χ0) is 9.19. The van der Waals surface area contributed by atoms with Crippen molar-refractivity contribution in [2.45, 2.75) is 4.90 Å². The molecule has 4 nitrogen and oxygen atoms in total. The molecule has 0 aromatic heterocycles. The van der Waals surface area contributed by atoms with Crippen LogP contribution in [0.1, 0.15) is 0 Å². The number of benzene rings is 1. The van der Waals surface area contributed by atoms with Gasteiger partial charge in [0.25, 0.3) is 0 Å². The maximum Gasteiger partial charge on any atom is 0.124 e. The molecular weight excluding hydrogens is 180 g/mol. The molecule has 0 aliphatic heterocycles. The summed E-state index contributed by atoms with van der Waals surface area (Å²) in [5, 5.41) is 0. The second kappa shape index (κ2) is 3.12. The molecular formula is C7H7O4S-. The topological polar surface area (TPSA) is 66.4 Å². The van der Waals surface area contributed by atoms with Crippen LogP contribution in [-0.2, 0) is 10.1 Å². The Kier molecular flexibility index (Phi) is 2.35. The molecule has 0 atom stereocenters. The van der Waals surface area contributed by atoms with Gasteiger partial charge in [-0.1, -0.05) is 6.07 Å². The Bertz CT molecular complexity index is 369. The quantitative estimate of drug-likeness (QED) is 0.636. The van der Waals surface area contributed by atoms with E-state index in [0.29, 0.717) is 5.75 Å². The van der Waals surface area contributed by atoms with Crippen molar-refractivity contribution in [3.8, 4) is 5.75 Å². The minimum Gasteiger partial charge on any atom is -0.744 e. The predicted octanol–water partition coefficient (Wildman–Crippen LogP) is 0.599. The molecule has 0 fully saturated rings. The first-order valence-electron chi connectivity index (χ1n) is 3.14. The summed E-state index contributed by atoms with van der Waals surface area (Å²) >= 11 is 0. The molecule has 5 heteroatoms. The van der Waals surface area contributed by atoms with Gasteiger partial charge in [-0.2, -0.15) is 0 Å². The second-order valence-electron chi connectivity index (χ2n) is 2.13. The standard InChI is InChI=1S/C7H8O4S/c1-11-6-3-2-4-7(5-6)12(8,9)10/h2-5H,1H3,(H,8,9,10)/p-1. The van der Waals surface area contributed by atoms with Crippen molar-refractivity contribution in [3.63, 3.8) is 0 Å². The molecule has 0 amide bonds. The minimum atomic E-state index is -4.37. The van der Waals surface area contributed by atoms with E-state index >= 15 is 0 Å². The Morgan fingerprint density at radius 1 is 1.42 bits per heavy atom. The van der Waals surface area contributed by atoms with E-state index in [2.05, 4.69) is 0 Å². The maximum absolute atomic E-state index is 10.5. The molecule has 0 saturated carbocycles. The molecule has 0 heterocycles. The van der Waals surface area contributed by atoms with Crippen molar-refractivity contribution in [1.29, 1.82) is 0 Å². The van der Waals surface area contributed by atoms with Gasteiger partial charge in [-0.05, 0) is 18.2 Å². The van der Waals surface area contributed by atoms with Gasteiger partial charge >= 0.3 is 0 Å². The summed E-state index contributed by atoms with van der Waals surface area (Å²) in [5.74, 6) is 0.354. The fourth-order valence-corrected chi connectivity index (χ4v) is 1.26. The third-order valence-corrected chi connectivity index (χ3v) is 2.16. The molecule has 0 aliphatic rings. The van der Waals surface area contributed by atoms with Crippen LogP contribution < -0.4 is 4.74 Å². The summed E-state index contributed by atoms with van der Waals surface area (Å²) in [5.41, 5.74) is 0. The molecule has 1 rings (SSSR count). The van der Waals surface area contributed by atoms with Crippen molar-refractivity contribution >= 4 is 10.1 Å². The highest BCUT2D eigenvalue weighted by Crippen LogP contribution is 2.15. The highest BCUT2D eigenvalue weighted by atomic mass is 32.2. The molecule has 0 spiro atoms. The van der Waals surface area contributed by atoms with E-state index in [9.17, 15) is 13.0 Å². The van der Waals surface area contributed by atoms with Gasteiger partial charge in [-0.15, -0.1) is 0 Å². The molecule has 0 N–H and O–H groups in total. The molecule has 0 aliphatic carbocycles. The average molecular weight is 187 g/mol. The van der Waals surface area contributed by atoms with Crippen molar-refractivity contribution in [3.05, 3.63) is 24.3 Å². The van der Waals surface area contributed by atoms with E-state index in [1.54, 1.807) is 6.07 Å². The molecule has 0 radical (unpaired) electrons. The largest absolute Gasteiger partial charge is 0.744 e. The van der Waals surface area contributed by atoms with Gasteiger partial charge in [0.15, 0.2) is 0 Å². The van der Waals surface area contributed by atoms with E-state index in [4.69, 9.17) is 4.74 Å². The maximum atomic E-state index is 10.5. The van der Waals surface area contributed by atoms with Gasteiger partial charge in [0.1, 0.15) is 15.9 Å². The SMILES string of the molecule is COc1cccc(S(=O)(=O)[O-])c1. The van der Waals surface area contributed by atoms with Crippen LogP contribution in [0.2, 0.25) is 0 Å². The second-order valence-corrected chi connectivity index (χ2v) is 3.51. The van der Waals surface area contributed by atoms with E-state index in [1.807, 2.05) is 0 Å². The Labute approximate surface area is 70.5 Å². The lowest BCUT2D eigenvalue weighted by atomic mass is 10.3. The highest BCUT2D eigenvalue weighted by molar-refractivity contribution is 7.85. The average Bonchev–Trinajstić information content (AvgIpc) is 2.03. The fraction of sp³-hybridized carbons (Fsp3) is 0.143. The summed E-state index contributed by atoms with van der Waals surface area (Å²) < 4.78 is 36.2. The van der Waals surface area contributed by atoms with E-state index in [1.165, 1.54) is 25.3 Å². The Morgan fingerprint density at radius 3 is 2.58 bits per heavy atom. The van der Waals surface area contributed by atoms with Crippen molar-refractivity contribution < 1.29 is 17.7 Å². The lowest BCUT2D eigenvalue weighted by molar-refractivity contribution is 0.412. The zero-order valence-electron chi connectivity index (χ0n) is 6.35. The number of ether oxygens (including phenoxy) is 1. The van der Waals surface area contributed by atoms with Gasteiger partial charge in [0.05, 0.1) is 12.0 Å². The highest BCUT2D eigenvalue weighted by Gasteiger charge is 2.01. The molecule has 0 bridgehead atoms. The minimum absolute atomic E-state index is 0.276. The van der Waals surface area contributed by atoms with Crippen LogP contribution in [0.3, 0.4) is 0 Å². The summed E-state index contributed by atoms with van der Waals surface area (Å²) in [6.07, 6.45) is 0. The zero-order valence-corrected chi connectivity index (χ0v) is 7.17. The predicted molar refractivity (Wildman–Crippen MR) is 41.0 cm³/mol. The van der Waals surface area contributed by atoms with Gasteiger partial charge in [0, 0.05) is 0 Å². The number of rotatable bonds is 2. The normalized spacial score (nSPS) is 11.2. The Hall–Kier alpha value is -1.07. The monoisotopic (exact) mass is 187 g/mol. The molecule has 1 aromatic carbocycles. The molecule has 0 unspecified atom stereocenters. The molecule has 0 saturated heterocycles. The van der Waals surface area contributed by atoms with Gasteiger partial charge in [-0.3, -0.25) is 0 Å². The van der Waals surface area contributed by atoms with Crippen molar-refractivity contribution in [1.82, 2.24) is 0 Å². The molecule has 1 aromatic rings. The summed E-state index contributed by atoms with van der Waals surface area (Å²) in [4.78, 5) is -0.276. The van der Waals surface area contributed by atoms with Crippen LogP contribution >= 0.6 is 0 Å². The van der Waals surface area contributed by atoms with Crippen molar-refractivity contribution in [2.24, 2.45) is 0 Å². The van der Waals surface area contributed by atoms with Crippen molar-refractivity contribution in [2.75, 3.05) is 7.11 Å². The first kappa shape index (κ1) is 9.02. The lowest BCUT2D eigenvalue weighted by Crippen LogP contribution is -1.98. The third-order valence-electron chi connectivity index (χ3n) is 1.33. The number of methoxy groups -OCH3 is 1. The van der Waals surface area contributed by atoms with Crippen LogP contribution in [0.4, 0.5) is 0 Å². The Balaban J connectivity index is 3.20. The van der Waals surface area contributed by atoms with Gasteiger partial charge in [0.2, 0.25) is 0 Å². The van der Waals surface area contributed by atoms with Crippen LogP contribution in [-0.4, -0.2) is 20.1 Å². The summed E-state index contributed by atoms with van der Waals surface area (Å²) in [6, 6.07) is 5.42.